The van der Waals surface area contributed by atoms with E-state index in [0.29, 0.717) is 6.42 Å². The van der Waals surface area contributed by atoms with Gasteiger partial charge in [0.2, 0.25) is 0 Å². The Hall–Kier alpha value is -2.36. The maximum absolute atomic E-state index is 12.7. The second-order valence-corrected chi connectivity index (χ2v) is 6.30. The molecule has 0 aromatic heterocycles. The first kappa shape index (κ1) is 13.3. The van der Waals surface area contributed by atoms with E-state index < -0.39 is 5.54 Å². The molecule has 1 unspecified atom stereocenters. The fourth-order valence-corrected chi connectivity index (χ4v) is 4.26. The van der Waals surface area contributed by atoms with Gasteiger partial charge < -0.3 is 4.90 Å². The predicted octanol–water partition coefficient (Wildman–Crippen LogP) is 2.55. The van der Waals surface area contributed by atoms with Gasteiger partial charge in [-0.25, -0.2) is 4.79 Å². The van der Waals surface area contributed by atoms with Gasteiger partial charge in [0.1, 0.15) is 0 Å². The van der Waals surface area contributed by atoms with Crippen LogP contribution in [0.5, 0.6) is 0 Å². The Morgan fingerprint density at radius 3 is 2.59 bits per heavy atom. The van der Waals surface area contributed by atoms with Crippen molar-refractivity contribution in [1.82, 2.24) is 9.80 Å². The average molecular weight is 294 g/mol. The van der Waals surface area contributed by atoms with Crippen LogP contribution in [-0.4, -0.2) is 41.4 Å². The molecule has 0 radical (unpaired) electrons. The largest absolute Gasteiger partial charge is 0.327 e. The molecular weight excluding hydrogens is 276 g/mol. The molecule has 0 bridgehead atoms. The quantitative estimate of drug-likeness (QED) is 0.747. The van der Waals surface area contributed by atoms with Gasteiger partial charge in [-0.05, 0) is 12.0 Å². The highest BCUT2D eigenvalue weighted by atomic mass is 16.2. The van der Waals surface area contributed by atoms with Crippen LogP contribution in [0.15, 0.2) is 54.1 Å². The number of nitrogens with zero attached hydrogens (tertiary/aromatic N) is 2. The van der Waals surface area contributed by atoms with Crippen LogP contribution in [0.1, 0.15) is 17.9 Å². The molecule has 4 heteroatoms. The summed E-state index contributed by atoms with van der Waals surface area (Å²) >= 11 is 0. The molecule has 1 aromatic rings. The summed E-state index contributed by atoms with van der Waals surface area (Å²) in [5, 5.41) is 0. The van der Waals surface area contributed by atoms with Crippen LogP contribution >= 0.6 is 0 Å². The molecule has 4 nitrogen and oxygen atoms in total. The first-order valence-electron chi connectivity index (χ1n) is 7.57. The number of hydrogen-bond donors (Lipinski definition) is 0. The van der Waals surface area contributed by atoms with E-state index in [1.807, 2.05) is 25.2 Å². The highest BCUT2D eigenvalue weighted by Crippen LogP contribution is 2.55. The van der Waals surface area contributed by atoms with E-state index in [1.54, 1.807) is 11.9 Å². The molecule has 1 aromatic carbocycles. The number of imide groups is 1. The first-order chi connectivity index (χ1) is 10.6. The minimum atomic E-state index is -0.499. The highest BCUT2D eigenvalue weighted by Gasteiger charge is 2.60. The van der Waals surface area contributed by atoms with E-state index in [2.05, 4.69) is 30.4 Å². The number of carbonyl (C=O) groups is 2. The Kier molecular flexibility index (Phi) is 2.61. The van der Waals surface area contributed by atoms with Gasteiger partial charge in [-0.3, -0.25) is 9.69 Å². The third-order valence-electron chi connectivity index (χ3n) is 5.42. The average Bonchev–Trinajstić information content (AvgIpc) is 3.10. The van der Waals surface area contributed by atoms with Crippen LogP contribution in [0.4, 0.5) is 4.79 Å². The number of urea groups is 1. The van der Waals surface area contributed by atoms with Crippen LogP contribution < -0.4 is 0 Å². The smallest absolute Gasteiger partial charge is 0.316 e. The van der Waals surface area contributed by atoms with Crippen molar-refractivity contribution in [3.8, 4) is 0 Å². The van der Waals surface area contributed by atoms with Gasteiger partial charge in [0.05, 0.1) is 5.54 Å². The molecular formula is C18H18N2O2. The molecule has 1 saturated heterocycles. The van der Waals surface area contributed by atoms with Gasteiger partial charge in [0, 0.05) is 31.5 Å². The SMILES string of the molecule is CN1C(=O)C2=C[C@H](c3ccccc3)[C@H]3C=CCC23N(C)C1=O. The normalized spacial score (nSPS) is 33.1. The lowest BCUT2D eigenvalue weighted by Gasteiger charge is -2.47. The van der Waals surface area contributed by atoms with Gasteiger partial charge in [-0.15, -0.1) is 0 Å². The maximum atomic E-state index is 12.7. The monoisotopic (exact) mass is 294 g/mol. The van der Waals surface area contributed by atoms with Gasteiger partial charge >= 0.3 is 6.03 Å². The van der Waals surface area contributed by atoms with Crippen molar-refractivity contribution < 1.29 is 9.59 Å². The summed E-state index contributed by atoms with van der Waals surface area (Å²) in [6.07, 6.45) is 7.07. The Labute approximate surface area is 129 Å². The number of benzene rings is 1. The van der Waals surface area contributed by atoms with Gasteiger partial charge in [0.15, 0.2) is 0 Å². The van der Waals surface area contributed by atoms with E-state index in [-0.39, 0.29) is 23.8 Å². The van der Waals surface area contributed by atoms with Crippen molar-refractivity contribution in [3.63, 3.8) is 0 Å². The second kappa shape index (κ2) is 4.32. The lowest BCUT2D eigenvalue weighted by atomic mass is 9.77. The van der Waals surface area contributed by atoms with Crippen molar-refractivity contribution in [2.45, 2.75) is 17.9 Å². The van der Waals surface area contributed by atoms with Crippen LogP contribution in [0, 0.1) is 5.92 Å². The summed E-state index contributed by atoms with van der Waals surface area (Å²) in [7, 11) is 3.37. The number of carbonyl (C=O) groups excluding carboxylic acids is 2. The Morgan fingerprint density at radius 1 is 1.14 bits per heavy atom. The van der Waals surface area contributed by atoms with E-state index in [4.69, 9.17) is 0 Å². The molecule has 1 fully saturated rings. The number of likely N-dealkylation sites (N-methyl/N-ethyl adjacent to an activating group) is 2. The molecule has 2 aliphatic carbocycles. The van der Waals surface area contributed by atoms with Crippen molar-refractivity contribution in [2.75, 3.05) is 14.1 Å². The lowest BCUT2D eigenvalue weighted by Crippen LogP contribution is -2.63. The summed E-state index contributed by atoms with van der Waals surface area (Å²) < 4.78 is 0. The Bertz CT molecular complexity index is 722. The van der Waals surface area contributed by atoms with Crippen molar-refractivity contribution in [2.24, 2.45) is 5.92 Å². The maximum Gasteiger partial charge on any atom is 0.327 e. The molecule has 1 heterocycles. The number of hydrogen-bond acceptors (Lipinski definition) is 2. The molecule has 3 amide bonds. The third kappa shape index (κ3) is 1.42. The predicted molar refractivity (Wildman–Crippen MR) is 83.2 cm³/mol. The van der Waals surface area contributed by atoms with Crippen LogP contribution in [0.25, 0.3) is 0 Å². The summed E-state index contributed by atoms with van der Waals surface area (Å²) in [4.78, 5) is 28.1. The zero-order valence-electron chi connectivity index (χ0n) is 12.7. The van der Waals surface area contributed by atoms with Crippen LogP contribution in [-0.2, 0) is 4.79 Å². The summed E-state index contributed by atoms with van der Waals surface area (Å²) in [5.74, 6) is 0.118. The fourth-order valence-electron chi connectivity index (χ4n) is 4.26. The highest BCUT2D eigenvalue weighted by molar-refractivity contribution is 6.09. The van der Waals surface area contributed by atoms with E-state index in [9.17, 15) is 9.59 Å². The number of allylic oxidation sites excluding steroid dienone is 1. The van der Waals surface area contributed by atoms with Crippen LogP contribution in [0.2, 0.25) is 0 Å². The van der Waals surface area contributed by atoms with E-state index in [1.165, 1.54) is 10.5 Å². The molecule has 112 valence electrons. The number of rotatable bonds is 1. The Morgan fingerprint density at radius 2 is 1.86 bits per heavy atom. The molecule has 1 spiro atoms. The molecule has 3 aliphatic rings. The second-order valence-electron chi connectivity index (χ2n) is 6.30. The summed E-state index contributed by atoms with van der Waals surface area (Å²) in [5.41, 5.74) is 1.46. The minimum absolute atomic E-state index is 0.136. The summed E-state index contributed by atoms with van der Waals surface area (Å²) in [6.45, 7) is 0. The standard InChI is InChI=1S/C18H18N2O2/c1-19-16(21)15-11-13(12-7-4-3-5-8-12)14-9-6-10-18(14,15)20(2)17(19)22/h3-9,11,13-14H,10H2,1-2H3/t13-,14-,18?/m1/s1. The number of amides is 3. The zero-order valence-corrected chi connectivity index (χ0v) is 12.7. The topological polar surface area (TPSA) is 40.6 Å². The molecule has 22 heavy (non-hydrogen) atoms. The fraction of sp³-hybridized carbons (Fsp3) is 0.333. The zero-order chi connectivity index (χ0) is 15.5. The lowest BCUT2D eigenvalue weighted by molar-refractivity contribution is -0.127. The van der Waals surface area contributed by atoms with Crippen LogP contribution in [0.3, 0.4) is 0 Å². The molecule has 4 rings (SSSR count). The van der Waals surface area contributed by atoms with Crippen molar-refractivity contribution in [1.29, 1.82) is 0 Å². The third-order valence-corrected chi connectivity index (χ3v) is 5.42. The molecule has 0 saturated carbocycles. The molecule has 1 aliphatic heterocycles. The van der Waals surface area contributed by atoms with E-state index >= 15 is 0 Å². The Balaban J connectivity index is 1.88. The molecule has 3 atom stereocenters. The summed E-state index contributed by atoms with van der Waals surface area (Å²) in [6, 6.07) is 10.00. The van der Waals surface area contributed by atoms with Crippen molar-refractivity contribution in [3.05, 3.63) is 59.7 Å². The van der Waals surface area contributed by atoms with Gasteiger partial charge in [-0.2, -0.15) is 0 Å². The molecule has 0 N–H and O–H groups in total. The van der Waals surface area contributed by atoms with E-state index in [0.717, 1.165) is 5.57 Å². The minimum Gasteiger partial charge on any atom is -0.316 e. The van der Waals surface area contributed by atoms with Gasteiger partial charge in [-0.1, -0.05) is 48.6 Å². The van der Waals surface area contributed by atoms with Crippen molar-refractivity contribution >= 4 is 11.9 Å². The van der Waals surface area contributed by atoms with Gasteiger partial charge in [0.25, 0.3) is 5.91 Å². The first-order valence-corrected chi connectivity index (χ1v) is 7.57.